The summed E-state index contributed by atoms with van der Waals surface area (Å²) < 4.78 is 5.29. The maximum absolute atomic E-state index is 12.0. The minimum atomic E-state index is -0.840. The largest absolute Gasteiger partial charge is 0.481 e. The Morgan fingerprint density at radius 1 is 1.37 bits per heavy atom. The predicted molar refractivity (Wildman–Crippen MR) is 68.9 cm³/mol. The van der Waals surface area contributed by atoms with Gasteiger partial charge in [0.2, 0.25) is 0 Å². The second kappa shape index (κ2) is 6.75. The normalized spacial score (nSPS) is 26.6. The highest BCUT2D eigenvalue weighted by molar-refractivity contribution is 5.76. The molecule has 0 bridgehead atoms. The SMILES string of the molecule is O=C(O)CC1CCCN1C(=O)NCCC1CCOC1. The number of carbonyl (C=O) groups is 2. The van der Waals surface area contributed by atoms with Gasteiger partial charge in [-0.25, -0.2) is 4.79 Å². The van der Waals surface area contributed by atoms with E-state index in [9.17, 15) is 9.59 Å². The smallest absolute Gasteiger partial charge is 0.317 e. The quantitative estimate of drug-likeness (QED) is 0.783. The molecule has 0 aromatic carbocycles. The molecule has 0 aromatic rings. The second-order valence-corrected chi connectivity index (χ2v) is 5.34. The zero-order valence-electron chi connectivity index (χ0n) is 11.1. The van der Waals surface area contributed by atoms with E-state index in [4.69, 9.17) is 9.84 Å². The second-order valence-electron chi connectivity index (χ2n) is 5.34. The fourth-order valence-corrected chi connectivity index (χ4v) is 2.81. The Morgan fingerprint density at radius 2 is 2.21 bits per heavy atom. The van der Waals surface area contributed by atoms with Gasteiger partial charge in [-0.15, -0.1) is 0 Å². The third-order valence-electron chi connectivity index (χ3n) is 3.90. The van der Waals surface area contributed by atoms with Crippen molar-refractivity contribution < 1.29 is 19.4 Å². The van der Waals surface area contributed by atoms with Crippen LogP contribution in [0.15, 0.2) is 0 Å². The van der Waals surface area contributed by atoms with Crippen molar-refractivity contribution >= 4 is 12.0 Å². The average molecular weight is 270 g/mol. The molecule has 2 atom stereocenters. The van der Waals surface area contributed by atoms with Crippen molar-refractivity contribution in [3.8, 4) is 0 Å². The van der Waals surface area contributed by atoms with Crippen molar-refractivity contribution in [2.75, 3.05) is 26.3 Å². The summed E-state index contributed by atoms with van der Waals surface area (Å²) in [6.45, 7) is 2.92. The first kappa shape index (κ1) is 14.1. The third-order valence-corrected chi connectivity index (χ3v) is 3.90. The number of nitrogens with one attached hydrogen (secondary N) is 1. The molecule has 0 aromatic heterocycles. The predicted octanol–water partition coefficient (Wildman–Crippen LogP) is 1.06. The number of rotatable bonds is 5. The summed E-state index contributed by atoms with van der Waals surface area (Å²) in [4.78, 5) is 24.4. The standard InChI is InChI=1S/C13H22N2O4/c16-12(17)8-11-2-1-6-15(11)13(18)14-5-3-10-4-7-19-9-10/h10-11H,1-9H2,(H,14,18)(H,16,17). The lowest BCUT2D eigenvalue weighted by molar-refractivity contribution is -0.137. The van der Waals surface area contributed by atoms with Gasteiger partial charge in [0.05, 0.1) is 6.42 Å². The molecule has 2 fully saturated rings. The van der Waals surface area contributed by atoms with Gasteiger partial charge in [-0.05, 0) is 31.6 Å². The van der Waals surface area contributed by atoms with Crippen LogP contribution in [0.5, 0.6) is 0 Å². The molecule has 0 radical (unpaired) electrons. The van der Waals surface area contributed by atoms with E-state index in [0.717, 1.165) is 38.9 Å². The summed E-state index contributed by atoms with van der Waals surface area (Å²) in [5.41, 5.74) is 0. The Labute approximate surface area is 113 Å². The number of carbonyl (C=O) groups excluding carboxylic acids is 1. The zero-order valence-corrected chi connectivity index (χ0v) is 11.1. The number of urea groups is 1. The number of hydrogen-bond acceptors (Lipinski definition) is 3. The van der Waals surface area contributed by atoms with Crippen LogP contribution >= 0.6 is 0 Å². The Hall–Kier alpha value is -1.30. The highest BCUT2D eigenvalue weighted by atomic mass is 16.5. The van der Waals surface area contributed by atoms with Gasteiger partial charge in [-0.1, -0.05) is 0 Å². The van der Waals surface area contributed by atoms with E-state index in [1.165, 1.54) is 0 Å². The molecule has 0 spiro atoms. The van der Waals surface area contributed by atoms with Crippen molar-refractivity contribution in [2.45, 2.75) is 38.1 Å². The van der Waals surface area contributed by atoms with E-state index in [0.29, 0.717) is 19.0 Å². The van der Waals surface area contributed by atoms with Crippen LogP contribution in [0.3, 0.4) is 0 Å². The molecule has 19 heavy (non-hydrogen) atoms. The molecule has 2 rings (SSSR count). The lowest BCUT2D eigenvalue weighted by Gasteiger charge is -2.24. The fourth-order valence-electron chi connectivity index (χ4n) is 2.81. The third kappa shape index (κ3) is 4.09. The Bertz CT molecular complexity index is 329. The van der Waals surface area contributed by atoms with Gasteiger partial charge in [0.15, 0.2) is 0 Å². The number of nitrogens with zero attached hydrogens (tertiary/aromatic N) is 1. The van der Waals surface area contributed by atoms with Crippen LogP contribution in [0.1, 0.15) is 32.1 Å². The first-order valence-electron chi connectivity index (χ1n) is 7.01. The van der Waals surface area contributed by atoms with Gasteiger partial charge < -0.3 is 20.1 Å². The number of ether oxygens (including phenoxy) is 1. The van der Waals surface area contributed by atoms with Crippen LogP contribution in [0.2, 0.25) is 0 Å². The van der Waals surface area contributed by atoms with Crippen molar-refractivity contribution in [2.24, 2.45) is 5.92 Å². The average Bonchev–Trinajstić information content (AvgIpc) is 2.99. The van der Waals surface area contributed by atoms with Crippen LogP contribution in [0.4, 0.5) is 4.79 Å². The van der Waals surface area contributed by atoms with E-state index in [1.54, 1.807) is 4.90 Å². The molecule has 2 saturated heterocycles. The van der Waals surface area contributed by atoms with E-state index < -0.39 is 5.97 Å². The molecule has 2 heterocycles. The number of amides is 2. The summed E-state index contributed by atoms with van der Waals surface area (Å²) in [6, 6.07) is -0.269. The molecule has 2 amide bonds. The molecule has 108 valence electrons. The first-order chi connectivity index (χ1) is 9.16. The van der Waals surface area contributed by atoms with Crippen molar-refractivity contribution in [3.63, 3.8) is 0 Å². The monoisotopic (exact) mass is 270 g/mol. The number of aliphatic carboxylic acids is 1. The van der Waals surface area contributed by atoms with Gasteiger partial charge in [0, 0.05) is 32.3 Å². The van der Waals surface area contributed by atoms with Gasteiger partial charge in [-0.2, -0.15) is 0 Å². The first-order valence-corrected chi connectivity index (χ1v) is 7.01. The van der Waals surface area contributed by atoms with Crippen LogP contribution < -0.4 is 5.32 Å². The summed E-state index contributed by atoms with van der Waals surface area (Å²) in [5.74, 6) is -0.290. The molecule has 2 N–H and O–H groups in total. The number of carboxylic acids is 1. The molecule has 0 saturated carbocycles. The minimum Gasteiger partial charge on any atom is -0.481 e. The number of likely N-dealkylation sites (tertiary alicyclic amines) is 1. The molecular formula is C13H22N2O4. The van der Waals surface area contributed by atoms with Crippen LogP contribution in [0, 0.1) is 5.92 Å². The van der Waals surface area contributed by atoms with Crippen LogP contribution in [-0.2, 0) is 9.53 Å². The molecule has 2 aliphatic heterocycles. The summed E-state index contributed by atoms with van der Waals surface area (Å²) in [6.07, 6.45) is 3.73. The van der Waals surface area contributed by atoms with Gasteiger partial charge in [0.1, 0.15) is 0 Å². The van der Waals surface area contributed by atoms with Gasteiger partial charge >= 0.3 is 12.0 Å². The Balaban J connectivity index is 1.70. The summed E-state index contributed by atoms with van der Waals surface area (Å²) in [5, 5.41) is 11.7. The molecule has 0 aliphatic carbocycles. The van der Waals surface area contributed by atoms with Gasteiger partial charge in [-0.3, -0.25) is 4.79 Å². The number of hydrogen-bond donors (Lipinski definition) is 2. The van der Waals surface area contributed by atoms with E-state index in [1.807, 2.05) is 0 Å². The minimum absolute atomic E-state index is 0.0455. The van der Waals surface area contributed by atoms with E-state index in [-0.39, 0.29) is 18.5 Å². The molecule has 2 aliphatic rings. The lowest BCUT2D eigenvalue weighted by Crippen LogP contribution is -2.44. The van der Waals surface area contributed by atoms with E-state index >= 15 is 0 Å². The maximum Gasteiger partial charge on any atom is 0.317 e. The Morgan fingerprint density at radius 3 is 2.89 bits per heavy atom. The van der Waals surface area contributed by atoms with Gasteiger partial charge in [0.25, 0.3) is 0 Å². The fraction of sp³-hybridized carbons (Fsp3) is 0.846. The highest BCUT2D eigenvalue weighted by Gasteiger charge is 2.30. The molecule has 6 heteroatoms. The van der Waals surface area contributed by atoms with Crippen LogP contribution in [-0.4, -0.2) is 54.4 Å². The summed E-state index contributed by atoms with van der Waals surface area (Å²) in [7, 11) is 0. The molecule has 2 unspecified atom stereocenters. The maximum atomic E-state index is 12.0. The Kier molecular flexibility index (Phi) is 5.01. The molecule has 6 nitrogen and oxygen atoms in total. The lowest BCUT2D eigenvalue weighted by atomic mass is 10.1. The van der Waals surface area contributed by atoms with E-state index in [2.05, 4.69) is 5.32 Å². The van der Waals surface area contributed by atoms with Crippen molar-refractivity contribution in [1.29, 1.82) is 0 Å². The van der Waals surface area contributed by atoms with Crippen molar-refractivity contribution in [3.05, 3.63) is 0 Å². The highest BCUT2D eigenvalue weighted by Crippen LogP contribution is 2.20. The van der Waals surface area contributed by atoms with Crippen molar-refractivity contribution in [1.82, 2.24) is 10.2 Å². The number of carboxylic acid groups (broad SMARTS) is 1. The van der Waals surface area contributed by atoms with Crippen LogP contribution in [0.25, 0.3) is 0 Å². The zero-order chi connectivity index (χ0) is 13.7. The molecular weight excluding hydrogens is 248 g/mol. The topological polar surface area (TPSA) is 78.9 Å². The summed E-state index contributed by atoms with van der Waals surface area (Å²) >= 11 is 0.